The summed E-state index contributed by atoms with van der Waals surface area (Å²) < 4.78 is 5.26. The van der Waals surface area contributed by atoms with Crippen LogP contribution >= 0.6 is 11.3 Å². The second-order valence-electron chi connectivity index (χ2n) is 7.20. The Labute approximate surface area is 175 Å². The fourth-order valence-corrected chi connectivity index (χ4v) is 3.93. The topological polar surface area (TPSA) is 74.8 Å². The Kier molecular flexibility index (Phi) is 7.74. The molecule has 156 valence electrons. The Morgan fingerprint density at radius 3 is 2.62 bits per heavy atom. The molecule has 0 bridgehead atoms. The SMILES string of the molecule is CCCc1ccc(-c2csc(NC(=O)CN(C)CC(=O)N3CCOCC3)n2)cc1. The van der Waals surface area contributed by atoms with Gasteiger partial charge in [-0.15, -0.1) is 11.3 Å². The number of hydrogen-bond donors (Lipinski definition) is 1. The number of benzene rings is 1. The van der Waals surface area contributed by atoms with E-state index < -0.39 is 0 Å². The number of nitrogens with zero attached hydrogens (tertiary/aromatic N) is 3. The molecule has 7 nitrogen and oxygen atoms in total. The number of anilines is 1. The van der Waals surface area contributed by atoms with Gasteiger partial charge in [-0.3, -0.25) is 14.5 Å². The first kappa shape index (κ1) is 21.4. The molecule has 29 heavy (non-hydrogen) atoms. The third-order valence-corrected chi connectivity index (χ3v) is 5.48. The first-order chi connectivity index (χ1) is 14.0. The van der Waals surface area contributed by atoms with Crippen molar-refractivity contribution < 1.29 is 14.3 Å². The zero-order chi connectivity index (χ0) is 20.6. The molecule has 1 aromatic carbocycles. The summed E-state index contributed by atoms with van der Waals surface area (Å²) in [7, 11) is 1.77. The molecule has 1 aliphatic heterocycles. The Morgan fingerprint density at radius 1 is 1.21 bits per heavy atom. The molecule has 1 aromatic heterocycles. The summed E-state index contributed by atoms with van der Waals surface area (Å²) in [5, 5.41) is 5.34. The summed E-state index contributed by atoms with van der Waals surface area (Å²) in [6.45, 7) is 4.88. The van der Waals surface area contributed by atoms with E-state index in [0.717, 1.165) is 24.1 Å². The molecule has 1 aliphatic rings. The lowest BCUT2D eigenvalue weighted by Gasteiger charge is -2.28. The lowest BCUT2D eigenvalue weighted by atomic mass is 10.1. The van der Waals surface area contributed by atoms with Crippen molar-refractivity contribution in [2.45, 2.75) is 19.8 Å². The van der Waals surface area contributed by atoms with E-state index in [1.165, 1.54) is 16.9 Å². The lowest BCUT2D eigenvalue weighted by Crippen LogP contribution is -2.46. The number of rotatable bonds is 8. The first-order valence-corrected chi connectivity index (χ1v) is 10.8. The van der Waals surface area contributed by atoms with Crippen molar-refractivity contribution in [3.05, 3.63) is 35.2 Å². The van der Waals surface area contributed by atoms with E-state index in [4.69, 9.17) is 4.74 Å². The smallest absolute Gasteiger partial charge is 0.240 e. The van der Waals surface area contributed by atoms with Crippen LogP contribution in [0.1, 0.15) is 18.9 Å². The fraction of sp³-hybridized carbons (Fsp3) is 0.476. The van der Waals surface area contributed by atoms with Crippen LogP contribution in [0.3, 0.4) is 0 Å². The van der Waals surface area contributed by atoms with Crippen LogP contribution in [0, 0.1) is 0 Å². The highest BCUT2D eigenvalue weighted by atomic mass is 32.1. The number of aryl methyl sites for hydroxylation is 1. The number of ether oxygens (including phenoxy) is 1. The van der Waals surface area contributed by atoms with Crippen molar-refractivity contribution in [2.75, 3.05) is 51.8 Å². The Morgan fingerprint density at radius 2 is 1.93 bits per heavy atom. The van der Waals surface area contributed by atoms with Crippen LogP contribution < -0.4 is 5.32 Å². The average Bonchev–Trinajstić information content (AvgIpc) is 3.17. The molecule has 1 fully saturated rings. The third-order valence-electron chi connectivity index (χ3n) is 4.72. The van der Waals surface area contributed by atoms with Gasteiger partial charge in [-0.2, -0.15) is 0 Å². The molecule has 0 unspecified atom stereocenters. The van der Waals surface area contributed by atoms with Gasteiger partial charge in [0.15, 0.2) is 5.13 Å². The highest BCUT2D eigenvalue weighted by Crippen LogP contribution is 2.25. The van der Waals surface area contributed by atoms with Crippen LogP contribution in [0.25, 0.3) is 11.3 Å². The minimum absolute atomic E-state index is 0.0201. The number of nitrogens with one attached hydrogen (secondary N) is 1. The number of carbonyl (C=O) groups is 2. The van der Waals surface area contributed by atoms with Crippen molar-refractivity contribution in [3.8, 4) is 11.3 Å². The number of amides is 2. The van der Waals surface area contributed by atoms with Crippen LogP contribution in [0.4, 0.5) is 5.13 Å². The van der Waals surface area contributed by atoms with Crippen LogP contribution in [-0.4, -0.2) is 73.0 Å². The molecule has 3 rings (SSSR count). The molecule has 2 heterocycles. The van der Waals surface area contributed by atoms with Gasteiger partial charge in [0.05, 0.1) is 32.0 Å². The van der Waals surface area contributed by atoms with Gasteiger partial charge in [0.2, 0.25) is 11.8 Å². The zero-order valence-electron chi connectivity index (χ0n) is 17.0. The van der Waals surface area contributed by atoms with Crippen molar-refractivity contribution in [2.24, 2.45) is 0 Å². The normalized spacial score (nSPS) is 14.2. The van der Waals surface area contributed by atoms with Gasteiger partial charge < -0.3 is 15.0 Å². The molecule has 2 aromatic rings. The number of hydrogen-bond acceptors (Lipinski definition) is 6. The van der Waals surface area contributed by atoms with E-state index in [-0.39, 0.29) is 24.9 Å². The molecule has 8 heteroatoms. The summed E-state index contributed by atoms with van der Waals surface area (Å²) in [5.41, 5.74) is 3.20. The lowest BCUT2D eigenvalue weighted by molar-refractivity contribution is -0.136. The summed E-state index contributed by atoms with van der Waals surface area (Å²) >= 11 is 1.40. The minimum atomic E-state index is -0.179. The number of morpholine rings is 1. The van der Waals surface area contributed by atoms with Gasteiger partial charge in [0, 0.05) is 24.0 Å². The molecule has 1 N–H and O–H groups in total. The fourth-order valence-electron chi connectivity index (χ4n) is 3.20. The predicted molar refractivity (Wildman–Crippen MR) is 115 cm³/mol. The van der Waals surface area contributed by atoms with E-state index in [9.17, 15) is 9.59 Å². The van der Waals surface area contributed by atoms with Crippen molar-refractivity contribution in [1.82, 2.24) is 14.8 Å². The third kappa shape index (κ3) is 6.35. The monoisotopic (exact) mass is 416 g/mol. The van der Waals surface area contributed by atoms with Gasteiger partial charge in [0.1, 0.15) is 0 Å². The highest BCUT2D eigenvalue weighted by Gasteiger charge is 2.19. The molecule has 1 saturated heterocycles. The largest absolute Gasteiger partial charge is 0.378 e. The van der Waals surface area contributed by atoms with Crippen molar-refractivity contribution in [3.63, 3.8) is 0 Å². The van der Waals surface area contributed by atoms with E-state index in [1.54, 1.807) is 16.8 Å². The van der Waals surface area contributed by atoms with Gasteiger partial charge in [-0.1, -0.05) is 37.6 Å². The van der Waals surface area contributed by atoms with E-state index in [2.05, 4.69) is 41.5 Å². The molecule has 0 spiro atoms. The minimum Gasteiger partial charge on any atom is -0.378 e. The molecule has 0 atom stereocenters. The molecule has 0 aliphatic carbocycles. The number of thiazole rings is 1. The quantitative estimate of drug-likeness (QED) is 0.716. The van der Waals surface area contributed by atoms with Crippen LogP contribution in [0.2, 0.25) is 0 Å². The predicted octanol–water partition coefficient (Wildman–Crippen LogP) is 2.49. The second kappa shape index (κ2) is 10.5. The zero-order valence-corrected chi connectivity index (χ0v) is 17.8. The number of likely N-dealkylation sites (N-methyl/N-ethyl adjacent to an activating group) is 1. The summed E-state index contributed by atoms with van der Waals surface area (Å²) in [4.78, 5) is 32.6. The molecule has 2 amide bonds. The molecular weight excluding hydrogens is 388 g/mol. The van der Waals surface area contributed by atoms with E-state index >= 15 is 0 Å². The van der Waals surface area contributed by atoms with Crippen molar-refractivity contribution in [1.29, 1.82) is 0 Å². The van der Waals surface area contributed by atoms with Gasteiger partial charge >= 0.3 is 0 Å². The van der Waals surface area contributed by atoms with Crippen LogP contribution in [0.5, 0.6) is 0 Å². The Hall–Kier alpha value is -2.29. The van der Waals surface area contributed by atoms with Crippen LogP contribution in [0.15, 0.2) is 29.6 Å². The number of carbonyl (C=O) groups excluding carboxylic acids is 2. The molecule has 0 radical (unpaired) electrons. The molecule has 0 saturated carbocycles. The summed E-state index contributed by atoms with van der Waals surface area (Å²) in [6, 6.07) is 8.38. The average molecular weight is 417 g/mol. The van der Waals surface area contributed by atoms with Crippen LogP contribution in [-0.2, 0) is 20.7 Å². The standard InChI is InChI=1S/C21H28N4O3S/c1-3-4-16-5-7-17(8-6-16)18-15-29-21(22-18)23-19(26)13-24(2)14-20(27)25-9-11-28-12-10-25/h5-8,15H,3-4,9-14H2,1-2H3,(H,22,23,26). The summed E-state index contributed by atoms with van der Waals surface area (Å²) in [5.74, 6) is -0.159. The Balaban J connectivity index is 1.48. The molecular formula is C21H28N4O3S. The van der Waals surface area contributed by atoms with Crippen molar-refractivity contribution >= 4 is 28.3 Å². The van der Waals surface area contributed by atoms with E-state index in [0.29, 0.717) is 31.4 Å². The van der Waals surface area contributed by atoms with Gasteiger partial charge in [-0.25, -0.2) is 4.98 Å². The maximum atomic E-state index is 12.3. The maximum Gasteiger partial charge on any atom is 0.240 e. The second-order valence-corrected chi connectivity index (χ2v) is 8.06. The van der Waals surface area contributed by atoms with Gasteiger partial charge in [0.25, 0.3) is 0 Å². The maximum absolute atomic E-state index is 12.3. The first-order valence-electron chi connectivity index (χ1n) is 9.94. The highest BCUT2D eigenvalue weighted by molar-refractivity contribution is 7.14. The van der Waals surface area contributed by atoms with E-state index in [1.807, 2.05) is 5.38 Å². The Bertz CT molecular complexity index is 816. The summed E-state index contributed by atoms with van der Waals surface area (Å²) in [6.07, 6.45) is 2.19. The van der Waals surface area contributed by atoms with Gasteiger partial charge in [-0.05, 0) is 19.0 Å². The number of aromatic nitrogens is 1.